The van der Waals surface area contributed by atoms with Crippen LogP contribution in [0.2, 0.25) is 0 Å². The van der Waals surface area contributed by atoms with Gasteiger partial charge in [0.2, 0.25) is 0 Å². The van der Waals surface area contributed by atoms with Gasteiger partial charge in [-0.1, -0.05) is 65.3 Å². The fourth-order valence-electron chi connectivity index (χ4n) is 2.57. The normalized spacial score (nSPS) is 13.1. The zero-order valence-corrected chi connectivity index (χ0v) is 23.7. The van der Waals surface area contributed by atoms with E-state index < -0.39 is 0 Å². The van der Waals surface area contributed by atoms with E-state index in [0.717, 1.165) is 30.5 Å². The minimum Gasteiger partial charge on any atom is -0.328 e. The van der Waals surface area contributed by atoms with Crippen molar-refractivity contribution in [2.75, 3.05) is 13.6 Å². The number of halogens is 1. The van der Waals surface area contributed by atoms with Gasteiger partial charge in [-0.3, -0.25) is 9.29 Å². The predicted molar refractivity (Wildman–Crippen MR) is 119 cm³/mol. The van der Waals surface area contributed by atoms with Gasteiger partial charge in [0.25, 0.3) is 0 Å². The SMILES string of the molecule is CC.CC.CC/C=C\C=C(/C)C(c1[c-]cc(C)cc1F)N(C)CCC(C)N.[U]. The van der Waals surface area contributed by atoms with Gasteiger partial charge in [-0.2, -0.15) is 17.7 Å². The molecule has 1 aromatic rings. The van der Waals surface area contributed by atoms with Crippen LogP contribution in [-0.2, 0) is 0 Å². The zero-order chi connectivity index (χ0) is 21.4. The number of rotatable bonds is 8. The number of aryl methyl sites for hydroxylation is 1. The Hall–Kier alpha value is -0.398. The van der Waals surface area contributed by atoms with E-state index in [9.17, 15) is 4.39 Å². The molecule has 0 spiro atoms. The van der Waals surface area contributed by atoms with Gasteiger partial charge in [0.05, 0.1) is 0 Å². The molecule has 28 heavy (non-hydrogen) atoms. The monoisotopic (exact) mass is 615 g/mol. The molecule has 4 heteroatoms. The second-order valence-electron chi connectivity index (χ2n) is 6.33. The molecule has 2 N–H and O–H groups in total. The van der Waals surface area contributed by atoms with Crippen molar-refractivity contribution in [3.63, 3.8) is 0 Å². The van der Waals surface area contributed by atoms with E-state index in [4.69, 9.17) is 5.73 Å². The first-order valence-electron chi connectivity index (χ1n) is 10.3. The number of nitrogens with two attached hydrogens (primary N) is 1. The molecule has 0 saturated carbocycles. The number of nitrogens with zero attached hydrogens (tertiary/aromatic N) is 1. The van der Waals surface area contributed by atoms with Crippen molar-refractivity contribution in [2.45, 2.75) is 80.3 Å². The standard InChI is InChI=1S/C20H30FN2.2C2H6.U/c1-6-7-8-9-16(3)20(23(5)13-12-17(4)22)18-11-10-15(2)14-19(18)21;2*1-2;/h7-10,14,17,20H,6,12-13,22H2,1-5H3;2*1-2H3;/q-1;;;/b8-7-,16-9+;;;. The fourth-order valence-corrected chi connectivity index (χ4v) is 2.57. The Balaban J connectivity index is -0.00000117. The molecule has 0 bridgehead atoms. The maximum Gasteiger partial charge on any atom is 0.0359 e. The van der Waals surface area contributed by atoms with Crippen molar-refractivity contribution in [1.82, 2.24) is 4.90 Å². The van der Waals surface area contributed by atoms with Crippen LogP contribution in [0.25, 0.3) is 0 Å². The molecule has 2 nitrogen and oxygen atoms in total. The summed E-state index contributed by atoms with van der Waals surface area (Å²) in [4.78, 5) is 2.15. The second-order valence-corrected chi connectivity index (χ2v) is 6.33. The molecule has 1 rings (SSSR count). The van der Waals surface area contributed by atoms with Crippen molar-refractivity contribution in [3.05, 3.63) is 58.9 Å². The van der Waals surface area contributed by atoms with Crippen LogP contribution in [0.15, 0.2) is 35.9 Å². The molecule has 0 fully saturated rings. The van der Waals surface area contributed by atoms with Crippen LogP contribution in [0, 0.1) is 49.9 Å². The topological polar surface area (TPSA) is 29.3 Å². The summed E-state index contributed by atoms with van der Waals surface area (Å²) >= 11 is 0. The summed E-state index contributed by atoms with van der Waals surface area (Å²) in [7, 11) is 2.01. The summed E-state index contributed by atoms with van der Waals surface area (Å²) < 4.78 is 14.5. The maximum atomic E-state index is 14.5. The third-order valence-corrected chi connectivity index (χ3v) is 3.88. The first-order chi connectivity index (χ1) is 12.9. The Morgan fingerprint density at radius 3 is 2.32 bits per heavy atom. The molecule has 0 radical (unpaired) electrons. The molecule has 0 heterocycles. The van der Waals surface area contributed by atoms with Gasteiger partial charge in [0, 0.05) is 55.6 Å². The molecule has 160 valence electrons. The van der Waals surface area contributed by atoms with E-state index in [2.05, 4.69) is 30.0 Å². The summed E-state index contributed by atoms with van der Waals surface area (Å²) in [6, 6.07) is 6.56. The van der Waals surface area contributed by atoms with Crippen molar-refractivity contribution >= 4 is 0 Å². The van der Waals surface area contributed by atoms with E-state index in [0.29, 0.717) is 5.56 Å². The van der Waals surface area contributed by atoms with Crippen LogP contribution >= 0.6 is 0 Å². The largest absolute Gasteiger partial charge is 0.328 e. The summed E-state index contributed by atoms with van der Waals surface area (Å²) in [6.07, 6.45) is 8.05. The number of hydrogen-bond acceptors (Lipinski definition) is 2. The Bertz CT molecular complexity index is 554. The van der Waals surface area contributed by atoms with E-state index in [-0.39, 0.29) is 49.0 Å². The number of likely N-dealkylation sites (N-methyl/N-ethyl adjacent to an activating group) is 1. The Kier molecular flexibility index (Phi) is 22.9. The van der Waals surface area contributed by atoms with Crippen LogP contribution in [0.4, 0.5) is 4.39 Å². The van der Waals surface area contributed by atoms with Gasteiger partial charge in [-0.25, -0.2) is 0 Å². The summed E-state index contributed by atoms with van der Waals surface area (Å²) in [6.45, 7) is 16.8. The minimum absolute atomic E-state index is 0. The van der Waals surface area contributed by atoms with E-state index in [1.807, 2.05) is 67.7 Å². The fraction of sp³-hybridized carbons (Fsp3) is 0.583. The van der Waals surface area contributed by atoms with Crippen molar-refractivity contribution in [2.24, 2.45) is 5.73 Å². The molecule has 0 aliphatic carbocycles. The van der Waals surface area contributed by atoms with Gasteiger partial charge in [-0.15, -0.1) is 11.6 Å². The maximum absolute atomic E-state index is 14.5. The zero-order valence-electron chi connectivity index (χ0n) is 19.6. The van der Waals surface area contributed by atoms with Gasteiger partial charge in [0.15, 0.2) is 0 Å². The molecule has 0 aliphatic rings. The smallest absolute Gasteiger partial charge is 0.0359 e. The molecule has 0 aromatic heterocycles. The summed E-state index contributed by atoms with van der Waals surface area (Å²) in [5.41, 5.74) is 8.45. The Morgan fingerprint density at radius 1 is 1.29 bits per heavy atom. The molecular formula is C24H42FN2U-. The van der Waals surface area contributed by atoms with Crippen LogP contribution in [0.5, 0.6) is 0 Å². The molecule has 0 amide bonds. The van der Waals surface area contributed by atoms with Gasteiger partial charge >= 0.3 is 0 Å². The summed E-state index contributed by atoms with van der Waals surface area (Å²) in [5.74, 6) is -0.199. The molecule has 2 atom stereocenters. The van der Waals surface area contributed by atoms with Gasteiger partial charge < -0.3 is 5.73 Å². The second kappa shape index (κ2) is 19.9. The predicted octanol–water partition coefficient (Wildman–Crippen LogP) is 6.61. The molecule has 0 aliphatic heterocycles. The molecule has 0 saturated heterocycles. The van der Waals surface area contributed by atoms with Gasteiger partial charge in [0.1, 0.15) is 0 Å². The molecule has 1 aromatic carbocycles. The summed E-state index contributed by atoms with van der Waals surface area (Å²) in [5, 5.41) is 0. The average molecular weight is 616 g/mol. The third-order valence-electron chi connectivity index (χ3n) is 3.88. The Labute approximate surface area is 198 Å². The third kappa shape index (κ3) is 12.9. The average Bonchev–Trinajstić information content (AvgIpc) is 2.65. The first-order valence-corrected chi connectivity index (χ1v) is 10.3. The Morgan fingerprint density at radius 2 is 1.86 bits per heavy atom. The van der Waals surface area contributed by atoms with Crippen LogP contribution in [0.3, 0.4) is 0 Å². The number of hydrogen-bond donors (Lipinski definition) is 1. The van der Waals surface area contributed by atoms with Crippen LogP contribution in [-0.4, -0.2) is 24.5 Å². The molecule has 2 unspecified atom stereocenters. The van der Waals surface area contributed by atoms with Gasteiger partial charge in [-0.05, 0) is 33.7 Å². The quantitative estimate of drug-likeness (QED) is 0.264. The van der Waals surface area contributed by atoms with E-state index >= 15 is 0 Å². The van der Waals surface area contributed by atoms with Crippen molar-refractivity contribution in [3.8, 4) is 0 Å². The van der Waals surface area contributed by atoms with Crippen molar-refractivity contribution < 1.29 is 35.5 Å². The van der Waals surface area contributed by atoms with Crippen LogP contribution in [0.1, 0.15) is 78.5 Å². The van der Waals surface area contributed by atoms with E-state index in [1.54, 1.807) is 6.07 Å². The van der Waals surface area contributed by atoms with E-state index in [1.165, 1.54) is 0 Å². The van der Waals surface area contributed by atoms with Crippen LogP contribution < -0.4 is 5.73 Å². The molecular weight excluding hydrogens is 573 g/mol. The minimum atomic E-state index is -0.199. The number of allylic oxidation sites excluding steroid dienone is 3. The van der Waals surface area contributed by atoms with Crippen molar-refractivity contribution in [1.29, 1.82) is 0 Å². The first kappa shape index (κ1) is 32.3. The number of benzene rings is 1.